The lowest BCUT2D eigenvalue weighted by molar-refractivity contribution is 1.74. The third kappa shape index (κ3) is 1.55. The molecular weight excluding hydrogens is 239 g/mol. The van der Waals surface area contributed by atoms with E-state index in [0.717, 1.165) is 21.5 Å². The van der Waals surface area contributed by atoms with Gasteiger partial charge in [-0.05, 0) is 45.8 Å². The fourth-order valence-electron chi connectivity index (χ4n) is 1.87. The third-order valence-electron chi connectivity index (χ3n) is 2.63. The van der Waals surface area contributed by atoms with E-state index in [0.29, 0.717) is 10.0 Å². The van der Waals surface area contributed by atoms with E-state index in [1.54, 1.807) is 0 Å². The summed E-state index contributed by atoms with van der Waals surface area (Å²) in [6.45, 7) is 0. The molecule has 76 valence electrons. The summed E-state index contributed by atoms with van der Waals surface area (Å²) in [5.41, 5.74) is 0. The molecule has 0 unspecified atom stereocenters. The maximum absolute atomic E-state index is 5.96. The Bertz CT molecular complexity index is 626. The molecule has 0 saturated carbocycles. The van der Waals surface area contributed by atoms with Gasteiger partial charge in [0, 0.05) is 22.2 Å². The van der Waals surface area contributed by atoms with Gasteiger partial charge in [0.1, 0.15) is 0 Å². The molecule has 0 aliphatic carbocycles. The summed E-state index contributed by atoms with van der Waals surface area (Å²) in [6, 6.07) is 17.7. The predicted octanol–water partition coefficient (Wildman–Crippen LogP) is 4.90. The normalized spacial score (nSPS) is 11.1. The zero-order valence-electron chi connectivity index (χ0n) is 8.22. The maximum atomic E-state index is 5.96. The molecule has 0 aromatic heterocycles. The van der Waals surface area contributed by atoms with E-state index in [9.17, 15) is 0 Å². The number of rotatable bonds is 0. The van der Waals surface area contributed by atoms with Crippen LogP contribution in [0.4, 0.5) is 0 Å². The molecule has 0 spiro atoms. The second kappa shape index (κ2) is 3.65. The van der Waals surface area contributed by atoms with Crippen molar-refractivity contribution in [3.63, 3.8) is 0 Å². The maximum Gasteiger partial charge on any atom is 0.0491 e. The number of hydrogen-bond acceptors (Lipinski definition) is 0. The lowest BCUT2D eigenvalue weighted by atomic mass is 10.0. The van der Waals surface area contributed by atoms with Crippen LogP contribution in [0.2, 0.25) is 10.0 Å². The largest absolute Gasteiger partial charge is 0.0836 e. The quantitative estimate of drug-likeness (QED) is 0.494. The molecule has 16 heavy (non-hydrogen) atoms. The summed E-state index contributed by atoms with van der Waals surface area (Å²) in [4.78, 5) is 0. The lowest BCUT2D eigenvalue weighted by Gasteiger charge is -2.04. The second-order valence-electron chi connectivity index (χ2n) is 3.63. The Morgan fingerprint density at radius 1 is 0.750 bits per heavy atom. The SMILES string of the molecule is Clc1[c]cc2ccc3c[c]c(Cl)cc3c2c1. The molecule has 0 saturated heterocycles. The third-order valence-corrected chi connectivity index (χ3v) is 3.06. The first-order valence-corrected chi connectivity index (χ1v) is 5.60. The number of halogens is 2. The molecule has 3 rings (SSSR count). The molecule has 3 aromatic rings. The standard InChI is InChI=1S/C14H6Cl2/c15-11-5-3-9-1-2-10-4-6-12(16)8-14(10)13(9)7-11/h1-4,7-8H. The molecule has 0 aliphatic rings. The number of fused-ring (bicyclic) bond motifs is 3. The summed E-state index contributed by atoms with van der Waals surface area (Å²) in [5, 5.41) is 5.64. The molecule has 0 heterocycles. The van der Waals surface area contributed by atoms with Crippen LogP contribution in [0.1, 0.15) is 0 Å². The van der Waals surface area contributed by atoms with Gasteiger partial charge in [-0.3, -0.25) is 0 Å². The minimum absolute atomic E-state index is 0.615. The molecular formula is C14H6Cl2. The zero-order valence-corrected chi connectivity index (χ0v) is 9.73. The van der Waals surface area contributed by atoms with Crippen molar-refractivity contribution < 1.29 is 0 Å². The van der Waals surface area contributed by atoms with Crippen LogP contribution in [0.25, 0.3) is 21.5 Å². The molecule has 0 aliphatic heterocycles. The van der Waals surface area contributed by atoms with Crippen molar-refractivity contribution in [1.29, 1.82) is 0 Å². The van der Waals surface area contributed by atoms with Crippen LogP contribution >= 0.6 is 23.2 Å². The number of benzene rings is 3. The van der Waals surface area contributed by atoms with Crippen molar-refractivity contribution in [3.8, 4) is 0 Å². The van der Waals surface area contributed by atoms with E-state index in [1.165, 1.54) is 0 Å². The zero-order chi connectivity index (χ0) is 11.1. The van der Waals surface area contributed by atoms with E-state index in [1.807, 2.05) is 36.4 Å². The molecule has 3 aromatic carbocycles. The van der Waals surface area contributed by atoms with Gasteiger partial charge in [-0.15, -0.1) is 0 Å². The number of hydrogen-bond donors (Lipinski definition) is 0. The Balaban J connectivity index is 2.55. The van der Waals surface area contributed by atoms with E-state index in [4.69, 9.17) is 23.2 Å². The van der Waals surface area contributed by atoms with Crippen LogP contribution in [0.5, 0.6) is 0 Å². The summed E-state index contributed by atoms with van der Waals surface area (Å²) < 4.78 is 0. The highest BCUT2D eigenvalue weighted by molar-refractivity contribution is 6.33. The predicted molar refractivity (Wildman–Crippen MR) is 69.1 cm³/mol. The van der Waals surface area contributed by atoms with Crippen molar-refractivity contribution in [2.75, 3.05) is 0 Å². The first-order valence-electron chi connectivity index (χ1n) is 4.85. The molecule has 2 radical (unpaired) electrons. The van der Waals surface area contributed by atoms with Crippen LogP contribution in [0.15, 0.2) is 36.4 Å². The van der Waals surface area contributed by atoms with E-state index in [2.05, 4.69) is 12.1 Å². The molecule has 0 bridgehead atoms. The Kier molecular flexibility index (Phi) is 2.27. The van der Waals surface area contributed by atoms with Crippen molar-refractivity contribution in [1.82, 2.24) is 0 Å². The fraction of sp³-hybridized carbons (Fsp3) is 0. The van der Waals surface area contributed by atoms with Gasteiger partial charge in [-0.2, -0.15) is 0 Å². The molecule has 0 N–H and O–H groups in total. The van der Waals surface area contributed by atoms with Gasteiger partial charge in [0.2, 0.25) is 0 Å². The van der Waals surface area contributed by atoms with Gasteiger partial charge >= 0.3 is 0 Å². The minimum Gasteiger partial charge on any atom is -0.0836 e. The van der Waals surface area contributed by atoms with Gasteiger partial charge in [0.25, 0.3) is 0 Å². The summed E-state index contributed by atoms with van der Waals surface area (Å²) in [6.07, 6.45) is 0. The van der Waals surface area contributed by atoms with Crippen LogP contribution in [-0.2, 0) is 0 Å². The van der Waals surface area contributed by atoms with Crippen LogP contribution in [0.3, 0.4) is 0 Å². The fourth-order valence-corrected chi connectivity index (χ4v) is 2.20. The van der Waals surface area contributed by atoms with Gasteiger partial charge < -0.3 is 0 Å². The van der Waals surface area contributed by atoms with Crippen molar-refractivity contribution in [2.24, 2.45) is 0 Å². The minimum atomic E-state index is 0.615. The first-order chi connectivity index (χ1) is 7.74. The Labute approximate surface area is 103 Å². The Hall–Kier alpha value is -1.24. The van der Waals surface area contributed by atoms with E-state index < -0.39 is 0 Å². The summed E-state index contributed by atoms with van der Waals surface area (Å²) in [5.74, 6) is 0. The second-order valence-corrected chi connectivity index (χ2v) is 4.45. The summed E-state index contributed by atoms with van der Waals surface area (Å²) in [7, 11) is 0. The van der Waals surface area contributed by atoms with Crippen molar-refractivity contribution in [3.05, 3.63) is 58.6 Å². The van der Waals surface area contributed by atoms with Crippen LogP contribution < -0.4 is 0 Å². The average Bonchev–Trinajstić information content (AvgIpc) is 2.29. The van der Waals surface area contributed by atoms with Crippen LogP contribution in [-0.4, -0.2) is 0 Å². The first kappa shape index (κ1) is 9.95. The van der Waals surface area contributed by atoms with Gasteiger partial charge in [-0.1, -0.05) is 35.3 Å². The van der Waals surface area contributed by atoms with Gasteiger partial charge in [0.05, 0.1) is 0 Å². The van der Waals surface area contributed by atoms with Crippen LogP contribution in [0, 0.1) is 12.1 Å². The monoisotopic (exact) mass is 244 g/mol. The van der Waals surface area contributed by atoms with Crippen molar-refractivity contribution in [2.45, 2.75) is 0 Å². The summed E-state index contributed by atoms with van der Waals surface area (Å²) >= 11 is 11.9. The Morgan fingerprint density at radius 2 is 1.19 bits per heavy atom. The highest BCUT2D eigenvalue weighted by Gasteiger charge is 2.02. The molecule has 0 fully saturated rings. The van der Waals surface area contributed by atoms with Crippen molar-refractivity contribution >= 4 is 44.7 Å². The highest BCUT2D eigenvalue weighted by Crippen LogP contribution is 2.29. The smallest absolute Gasteiger partial charge is 0.0491 e. The van der Waals surface area contributed by atoms with E-state index in [-0.39, 0.29) is 0 Å². The molecule has 0 nitrogen and oxygen atoms in total. The average molecular weight is 245 g/mol. The molecule has 0 atom stereocenters. The Morgan fingerprint density at radius 3 is 1.62 bits per heavy atom. The lowest BCUT2D eigenvalue weighted by Crippen LogP contribution is -1.78. The molecule has 0 amide bonds. The molecule has 2 heteroatoms. The highest BCUT2D eigenvalue weighted by atomic mass is 35.5. The van der Waals surface area contributed by atoms with Gasteiger partial charge in [0.15, 0.2) is 0 Å². The topological polar surface area (TPSA) is 0 Å². The van der Waals surface area contributed by atoms with Gasteiger partial charge in [-0.25, -0.2) is 0 Å². The van der Waals surface area contributed by atoms with E-state index >= 15 is 0 Å².